The molecule has 0 radical (unpaired) electrons. The molecule has 102 valence electrons. The van der Waals surface area contributed by atoms with E-state index in [4.69, 9.17) is 24.7 Å². The van der Waals surface area contributed by atoms with Gasteiger partial charge >= 0.3 is 0 Å². The highest BCUT2D eigenvalue weighted by molar-refractivity contribution is 5.55. The molecule has 0 amide bonds. The van der Waals surface area contributed by atoms with Gasteiger partial charge in [0.15, 0.2) is 11.5 Å². The Morgan fingerprint density at radius 3 is 1.83 bits per heavy atom. The van der Waals surface area contributed by atoms with Gasteiger partial charge in [0.2, 0.25) is 5.75 Å². The van der Waals surface area contributed by atoms with Gasteiger partial charge in [-0.3, -0.25) is 0 Å². The lowest BCUT2D eigenvalue weighted by atomic mass is 9.93. The molecule has 0 aromatic heterocycles. The zero-order valence-corrected chi connectivity index (χ0v) is 11.6. The van der Waals surface area contributed by atoms with E-state index in [1.54, 1.807) is 28.4 Å². The molecule has 0 saturated carbocycles. The molecular weight excluding hydrogens is 234 g/mol. The zero-order chi connectivity index (χ0) is 13.8. The van der Waals surface area contributed by atoms with Crippen LogP contribution in [0.1, 0.15) is 12.5 Å². The normalized spacial score (nSPS) is 13.9. The number of hydrogen-bond donors (Lipinski definition) is 1. The molecule has 1 rings (SSSR count). The number of benzene rings is 1. The fourth-order valence-electron chi connectivity index (χ4n) is 1.79. The number of methoxy groups -OCH3 is 4. The highest BCUT2D eigenvalue weighted by Crippen LogP contribution is 2.40. The first-order valence-electron chi connectivity index (χ1n) is 5.58. The lowest BCUT2D eigenvalue weighted by molar-refractivity contribution is 0.140. The van der Waals surface area contributed by atoms with Crippen molar-refractivity contribution in [1.29, 1.82) is 0 Å². The summed E-state index contributed by atoms with van der Waals surface area (Å²) in [7, 11) is 6.33. The Kier molecular flexibility index (Phi) is 4.81. The predicted octanol–water partition coefficient (Wildman–Crippen LogP) is 1.53. The van der Waals surface area contributed by atoms with Gasteiger partial charge in [0, 0.05) is 7.11 Å². The third-order valence-corrected chi connectivity index (χ3v) is 2.77. The van der Waals surface area contributed by atoms with E-state index in [1.807, 2.05) is 19.1 Å². The van der Waals surface area contributed by atoms with Crippen LogP contribution >= 0.6 is 0 Å². The summed E-state index contributed by atoms with van der Waals surface area (Å²) in [6, 6.07) is 3.67. The second kappa shape index (κ2) is 5.93. The van der Waals surface area contributed by atoms with Crippen molar-refractivity contribution in [3.8, 4) is 17.2 Å². The summed E-state index contributed by atoms with van der Waals surface area (Å²) in [6.45, 7) is 2.28. The molecule has 1 unspecified atom stereocenters. The third-order valence-electron chi connectivity index (χ3n) is 2.77. The minimum absolute atomic E-state index is 0.394. The second-order valence-electron chi connectivity index (χ2n) is 4.26. The van der Waals surface area contributed by atoms with Crippen LogP contribution in [0.5, 0.6) is 17.2 Å². The molecule has 18 heavy (non-hydrogen) atoms. The molecule has 0 aliphatic carbocycles. The molecule has 0 spiro atoms. The molecule has 0 bridgehead atoms. The fraction of sp³-hybridized carbons (Fsp3) is 0.538. The molecule has 5 heteroatoms. The lowest BCUT2D eigenvalue weighted by Gasteiger charge is -2.26. The van der Waals surface area contributed by atoms with Gasteiger partial charge in [0.1, 0.15) is 0 Å². The van der Waals surface area contributed by atoms with Crippen LogP contribution in [0, 0.1) is 0 Å². The molecule has 0 fully saturated rings. The van der Waals surface area contributed by atoms with Gasteiger partial charge in [-0.05, 0) is 24.6 Å². The summed E-state index contributed by atoms with van der Waals surface area (Å²) >= 11 is 0. The first-order chi connectivity index (χ1) is 8.50. The molecule has 1 aromatic rings. The summed E-state index contributed by atoms with van der Waals surface area (Å²) in [6.07, 6.45) is 0. The van der Waals surface area contributed by atoms with E-state index in [-0.39, 0.29) is 0 Å². The van der Waals surface area contributed by atoms with Gasteiger partial charge in [-0.25, -0.2) is 0 Å². The van der Waals surface area contributed by atoms with Crippen LogP contribution < -0.4 is 19.9 Å². The Hall–Kier alpha value is -1.46. The first kappa shape index (κ1) is 14.6. The van der Waals surface area contributed by atoms with Gasteiger partial charge in [-0.15, -0.1) is 0 Å². The molecular formula is C13H21NO4. The van der Waals surface area contributed by atoms with Gasteiger partial charge in [0.05, 0.1) is 33.5 Å². The highest BCUT2D eigenvalue weighted by Gasteiger charge is 2.25. The van der Waals surface area contributed by atoms with E-state index in [1.165, 1.54) is 0 Å². The van der Waals surface area contributed by atoms with Crippen LogP contribution in [-0.4, -0.2) is 35.0 Å². The van der Waals surface area contributed by atoms with E-state index in [0.717, 1.165) is 5.56 Å². The molecule has 5 nitrogen and oxygen atoms in total. The van der Waals surface area contributed by atoms with Crippen LogP contribution in [0.3, 0.4) is 0 Å². The van der Waals surface area contributed by atoms with E-state index in [0.29, 0.717) is 23.9 Å². The van der Waals surface area contributed by atoms with Crippen molar-refractivity contribution in [2.45, 2.75) is 12.5 Å². The van der Waals surface area contributed by atoms with Crippen molar-refractivity contribution >= 4 is 0 Å². The topological polar surface area (TPSA) is 62.9 Å². The average Bonchev–Trinajstić information content (AvgIpc) is 2.36. The van der Waals surface area contributed by atoms with Crippen LogP contribution in [0.15, 0.2) is 12.1 Å². The molecule has 1 aromatic carbocycles. The Balaban J connectivity index is 3.31. The van der Waals surface area contributed by atoms with Crippen molar-refractivity contribution in [3.05, 3.63) is 17.7 Å². The molecule has 0 heterocycles. The van der Waals surface area contributed by atoms with Crippen molar-refractivity contribution in [3.63, 3.8) is 0 Å². The quantitative estimate of drug-likeness (QED) is 0.835. The van der Waals surface area contributed by atoms with Crippen molar-refractivity contribution in [2.24, 2.45) is 5.73 Å². The number of nitrogens with two attached hydrogens (primary N) is 1. The van der Waals surface area contributed by atoms with Crippen LogP contribution in [0.25, 0.3) is 0 Å². The lowest BCUT2D eigenvalue weighted by Crippen LogP contribution is -2.37. The third kappa shape index (κ3) is 2.86. The summed E-state index contributed by atoms with van der Waals surface area (Å²) in [4.78, 5) is 0. The van der Waals surface area contributed by atoms with E-state index in [2.05, 4.69) is 0 Å². The van der Waals surface area contributed by atoms with Gasteiger partial charge < -0.3 is 24.7 Å². The van der Waals surface area contributed by atoms with E-state index >= 15 is 0 Å². The maximum atomic E-state index is 6.21. The maximum Gasteiger partial charge on any atom is 0.203 e. The number of ether oxygens (including phenoxy) is 4. The maximum absolute atomic E-state index is 6.21. The summed E-state index contributed by atoms with van der Waals surface area (Å²) in [5.41, 5.74) is 6.45. The predicted molar refractivity (Wildman–Crippen MR) is 69.5 cm³/mol. The summed E-state index contributed by atoms with van der Waals surface area (Å²) < 4.78 is 21.0. The number of rotatable bonds is 6. The van der Waals surface area contributed by atoms with E-state index < -0.39 is 5.54 Å². The van der Waals surface area contributed by atoms with Crippen LogP contribution in [0.4, 0.5) is 0 Å². The largest absolute Gasteiger partial charge is 0.493 e. The first-order valence-corrected chi connectivity index (χ1v) is 5.58. The van der Waals surface area contributed by atoms with Crippen molar-refractivity contribution in [2.75, 3.05) is 35.0 Å². The molecule has 0 saturated heterocycles. The Bertz CT molecular complexity index is 379. The Labute approximate surface area is 108 Å². The Morgan fingerprint density at radius 1 is 1.00 bits per heavy atom. The van der Waals surface area contributed by atoms with Crippen LogP contribution in [0.2, 0.25) is 0 Å². The van der Waals surface area contributed by atoms with E-state index in [9.17, 15) is 0 Å². The minimum Gasteiger partial charge on any atom is -0.493 e. The van der Waals surface area contributed by atoms with Gasteiger partial charge in [0.25, 0.3) is 0 Å². The standard InChI is InChI=1S/C13H21NO4/c1-13(14,8-15-2)9-6-10(16-3)12(18-5)11(7-9)17-4/h6-7H,8,14H2,1-5H3. The summed E-state index contributed by atoms with van der Waals surface area (Å²) in [5.74, 6) is 1.72. The monoisotopic (exact) mass is 255 g/mol. The summed E-state index contributed by atoms with van der Waals surface area (Å²) in [5, 5.41) is 0. The average molecular weight is 255 g/mol. The molecule has 0 aliphatic heterocycles. The minimum atomic E-state index is -0.623. The fourth-order valence-corrected chi connectivity index (χ4v) is 1.79. The zero-order valence-electron chi connectivity index (χ0n) is 11.6. The second-order valence-corrected chi connectivity index (χ2v) is 4.26. The number of hydrogen-bond acceptors (Lipinski definition) is 5. The molecule has 2 N–H and O–H groups in total. The smallest absolute Gasteiger partial charge is 0.203 e. The van der Waals surface area contributed by atoms with Crippen molar-refractivity contribution < 1.29 is 18.9 Å². The SMILES string of the molecule is COCC(C)(N)c1cc(OC)c(OC)c(OC)c1. The van der Waals surface area contributed by atoms with Gasteiger partial charge in [-0.1, -0.05) is 0 Å². The van der Waals surface area contributed by atoms with Gasteiger partial charge in [-0.2, -0.15) is 0 Å². The molecule has 0 aliphatic rings. The van der Waals surface area contributed by atoms with Crippen molar-refractivity contribution in [1.82, 2.24) is 0 Å². The highest BCUT2D eigenvalue weighted by atomic mass is 16.5. The Morgan fingerprint density at radius 2 is 1.50 bits per heavy atom. The molecule has 1 atom stereocenters. The van der Waals surface area contributed by atoms with Crippen LogP contribution in [-0.2, 0) is 10.3 Å².